The number of likely N-dealkylation sites (tertiary alicyclic amines) is 1. The number of carboxylic acid groups (broad SMARTS) is 1. The summed E-state index contributed by atoms with van der Waals surface area (Å²) in [6, 6.07) is 1.50. The second kappa shape index (κ2) is 7.77. The van der Waals surface area contributed by atoms with Crippen molar-refractivity contribution in [3.63, 3.8) is 0 Å². The summed E-state index contributed by atoms with van der Waals surface area (Å²) in [6.07, 6.45) is 1.32. The minimum atomic E-state index is -2.06. The molecule has 1 fully saturated rings. The van der Waals surface area contributed by atoms with Crippen LogP contribution in [0.1, 0.15) is 34.1 Å². The smallest absolute Gasteiger partial charge is 0.407 e. The van der Waals surface area contributed by atoms with Crippen LogP contribution in [0.3, 0.4) is 0 Å². The van der Waals surface area contributed by atoms with Crippen molar-refractivity contribution in [2.75, 3.05) is 11.9 Å². The molecule has 160 valence electrons. The zero-order chi connectivity index (χ0) is 21.6. The molecule has 0 spiro atoms. The minimum Gasteiger partial charge on any atom is -0.465 e. The maximum Gasteiger partial charge on any atom is 0.407 e. The summed E-state index contributed by atoms with van der Waals surface area (Å²) in [4.78, 5) is 24.9. The first kappa shape index (κ1) is 21.9. The lowest BCUT2D eigenvalue weighted by atomic mass is 9.96. The Morgan fingerprint density at radius 3 is 2.72 bits per heavy atom. The molecule has 0 aliphatic carbocycles. The highest BCUT2D eigenvalue weighted by atomic mass is 35.5. The molecule has 1 aliphatic rings. The number of halogens is 1. The number of piperidine rings is 1. The zero-order valence-electron chi connectivity index (χ0n) is 17.8. The molecule has 2 aromatic rings. The van der Waals surface area contributed by atoms with E-state index in [4.69, 9.17) is 16.0 Å². The van der Waals surface area contributed by atoms with Crippen LogP contribution in [0.5, 0.6) is 0 Å². The molecule has 3 unspecified atom stereocenters. The standard InChI is InChI=1S/C19H30ClN5O3Si/c1-11-14(28-29(5,6)19(2,3)4)9-12(10-25(11)18(26)27)22-16-13-7-8-21-15(13)23-17(20)24-16/h7-8,11-12,14H,9-10H2,1-6H3,(H,26,27)(H2,21,22,23,24). The van der Waals surface area contributed by atoms with Gasteiger partial charge in [-0.3, -0.25) is 0 Å². The lowest BCUT2D eigenvalue weighted by Crippen LogP contribution is -2.59. The number of hydrogen-bond donors (Lipinski definition) is 3. The third-order valence-electron chi connectivity index (χ3n) is 6.19. The Morgan fingerprint density at radius 2 is 2.10 bits per heavy atom. The van der Waals surface area contributed by atoms with E-state index in [1.807, 2.05) is 13.0 Å². The quantitative estimate of drug-likeness (QED) is 0.476. The normalized spacial score (nSPS) is 23.4. The fourth-order valence-corrected chi connectivity index (χ4v) is 5.00. The number of hydrogen-bond acceptors (Lipinski definition) is 5. The lowest BCUT2D eigenvalue weighted by molar-refractivity contribution is 0.0258. The zero-order valence-corrected chi connectivity index (χ0v) is 19.5. The van der Waals surface area contributed by atoms with E-state index in [0.717, 1.165) is 5.39 Å². The molecule has 1 amide bonds. The number of H-pyrrole nitrogens is 1. The molecule has 10 heteroatoms. The van der Waals surface area contributed by atoms with Gasteiger partial charge in [0, 0.05) is 18.8 Å². The highest BCUT2D eigenvalue weighted by Gasteiger charge is 2.44. The first-order valence-corrected chi connectivity index (χ1v) is 13.1. The van der Waals surface area contributed by atoms with Gasteiger partial charge in [0.25, 0.3) is 0 Å². The summed E-state index contributed by atoms with van der Waals surface area (Å²) in [5, 5.41) is 14.1. The maximum atomic E-state index is 11.9. The SMILES string of the molecule is CC1C(O[Si](C)(C)C(C)(C)C)CC(Nc2nc(Cl)nc3[nH]ccc23)CN1C(=O)O. The van der Waals surface area contributed by atoms with Crippen molar-refractivity contribution in [2.24, 2.45) is 0 Å². The average molecular weight is 440 g/mol. The van der Waals surface area contributed by atoms with Gasteiger partial charge in [-0.25, -0.2) is 9.78 Å². The molecule has 3 rings (SSSR count). The van der Waals surface area contributed by atoms with Crippen LogP contribution in [-0.4, -0.2) is 64.1 Å². The number of anilines is 1. The summed E-state index contributed by atoms with van der Waals surface area (Å²) in [5.41, 5.74) is 0.640. The van der Waals surface area contributed by atoms with Crippen molar-refractivity contribution in [3.8, 4) is 0 Å². The Morgan fingerprint density at radius 1 is 1.41 bits per heavy atom. The second-order valence-corrected chi connectivity index (χ2v) is 14.3. The highest BCUT2D eigenvalue weighted by Crippen LogP contribution is 2.39. The molecule has 3 N–H and O–H groups in total. The number of aromatic nitrogens is 3. The molecule has 0 saturated carbocycles. The predicted molar refractivity (Wildman–Crippen MR) is 117 cm³/mol. The first-order chi connectivity index (χ1) is 13.4. The second-order valence-electron chi connectivity index (χ2n) is 9.25. The molecular formula is C19H30ClN5O3Si. The van der Waals surface area contributed by atoms with Gasteiger partial charge in [-0.15, -0.1) is 0 Å². The molecule has 1 saturated heterocycles. The summed E-state index contributed by atoms with van der Waals surface area (Å²) in [7, 11) is -2.06. The van der Waals surface area contributed by atoms with Gasteiger partial charge in [0.1, 0.15) is 11.5 Å². The number of amides is 1. The summed E-state index contributed by atoms with van der Waals surface area (Å²) < 4.78 is 6.63. The Hall–Kier alpha value is -1.84. The van der Waals surface area contributed by atoms with E-state index < -0.39 is 14.4 Å². The van der Waals surface area contributed by atoms with E-state index in [1.54, 1.807) is 6.20 Å². The van der Waals surface area contributed by atoms with Crippen molar-refractivity contribution in [1.29, 1.82) is 0 Å². The third-order valence-corrected chi connectivity index (χ3v) is 10.9. The Balaban J connectivity index is 1.87. The van der Waals surface area contributed by atoms with Gasteiger partial charge in [-0.2, -0.15) is 4.98 Å². The van der Waals surface area contributed by atoms with E-state index in [2.05, 4.69) is 54.1 Å². The molecule has 29 heavy (non-hydrogen) atoms. The van der Waals surface area contributed by atoms with Crippen molar-refractivity contribution >= 4 is 42.9 Å². The summed E-state index contributed by atoms with van der Waals surface area (Å²) >= 11 is 6.06. The molecule has 1 aliphatic heterocycles. The molecule has 0 bridgehead atoms. The Bertz CT molecular complexity index is 898. The summed E-state index contributed by atoms with van der Waals surface area (Å²) in [6.45, 7) is 13.2. The van der Waals surface area contributed by atoms with Crippen molar-refractivity contribution in [2.45, 2.75) is 70.4 Å². The molecule has 3 atom stereocenters. The number of carbonyl (C=O) groups is 1. The summed E-state index contributed by atoms with van der Waals surface area (Å²) in [5.74, 6) is 0.595. The van der Waals surface area contributed by atoms with E-state index in [-0.39, 0.29) is 28.5 Å². The predicted octanol–water partition coefficient (Wildman–Crippen LogP) is 4.55. The van der Waals surface area contributed by atoms with Crippen LogP contribution in [-0.2, 0) is 4.43 Å². The monoisotopic (exact) mass is 439 g/mol. The molecule has 0 radical (unpaired) electrons. The fraction of sp³-hybridized carbons (Fsp3) is 0.632. The van der Waals surface area contributed by atoms with E-state index in [0.29, 0.717) is 24.4 Å². The van der Waals surface area contributed by atoms with Crippen molar-refractivity contribution in [3.05, 3.63) is 17.5 Å². The average Bonchev–Trinajstić information content (AvgIpc) is 3.04. The van der Waals surface area contributed by atoms with Gasteiger partial charge < -0.3 is 24.7 Å². The molecule has 3 heterocycles. The number of rotatable bonds is 4. The van der Waals surface area contributed by atoms with Crippen LogP contribution in [0, 0.1) is 0 Å². The van der Waals surface area contributed by atoms with Crippen LogP contribution < -0.4 is 5.32 Å². The topological polar surface area (TPSA) is 103 Å². The van der Waals surface area contributed by atoms with Crippen LogP contribution in [0.4, 0.5) is 10.6 Å². The largest absolute Gasteiger partial charge is 0.465 e. The maximum absolute atomic E-state index is 11.9. The van der Waals surface area contributed by atoms with Gasteiger partial charge in [-0.1, -0.05) is 20.8 Å². The lowest BCUT2D eigenvalue weighted by Gasteiger charge is -2.47. The molecular weight excluding hydrogens is 410 g/mol. The number of nitrogens with one attached hydrogen (secondary N) is 2. The molecule has 0 aromatic carbocycles. The van der Waals surface area contributed by atoms with Gasteiger partial charge >= 0.3 is 6.09 Å². The number of fused-ring (bicyclic) bond motifs is 1. The fourth-order valence-electron chi connectivity index (χ4n) is 3.43. The number of aromatic amines is 1. The number of nitrogens with zero attached hydrogens (tertiary/aromatic N) is 3. The third kappa shape index (κ3) is 4.51. The van der Waals surface area contributed by atoms with Gasteiger partial charge in [-0.05, 0) is 49.1 Å². The van der Waals surface area contributed by atoms with E-state index >= 15 is 0 Å². The van der Waals surface area contributed by atoms with Crippen LogP contribution in [0.25, 0.3) is 11.0 Å². The van der Waals surface area contributed by atoms with E-state index in [1.165, 1.54) is 4.90 Å². The van der Waals surface area contributed by atoms with E-state index in [9.17, 15) is 9.90 Å². The van der Waals surface area contributed by atoms with Crippen LogP contribution in [0.15, 0.2) is 12.3 Å². The first-order valence-electron chi connectivity index (χ1n) is 9.83. The van der Waals surface area contributed by atoms with Crippen LogP contribution in [0.2, 0.25) is 23.4 Å². The van der Waals surface area contributed by atoms with Gasteiger partial charge in [0.2, 0.25) is 5.28 Å². The molecule has 2 aromatic heterocycles. The van der Waals surface area contributed by atoms with Crippen molar-refractivity contribution < 1.29 is 14.3 Å². The Labute approximate surface area is 177 Å². The Kier molecular flexibility index (Phi) is 5.86. The van der Waals surface area contributed by atoms with Crippen molar-refractivity contribution in [1.82, 2.24) is 19.9 Å². The molecule has 8 nitrogen and oxygen atoms in total. The minimum absolute atomic E-state index is 0.0403. The van der Waals surface area contributed by atoms with Crippen LogP contribution >= 0.6 is 11.6 Å². The highest BCUT2D eigenvalue weighted by molar-refractivity contribution is 6.74. The van der Waals surface area contributed by atoms with Gasteiger partial charge in [0.05, 0.1) is 17.5 Å². The van der Waals surface area contributed by atoms with Gasteiger partial charge in [0.15, 0.2) is 8.32 Å².